The molecule has 2 aliphatic rings. The van der Waals surface area contributed by atoms with Crippen LogP contribution in [0.1, 0.15) is 51.5 Å². The van der Waals surface area contributed by atoms with Gasteiger partial charge < -0.3 is 0 Å². The Labute approximate surface area is 127 Å². The van der Waals surface area contributed by atoms with E-state index in [0.29, 0.717) is 18.1 Å². The quantitative estimate of drug-likeness (QED) is 0.924. The Bertz CT molecular complexity index is 503. The van der Waals surface area contributed by atoms with Gasteiger partial charge in [0.25, 0.3) is 0 Å². The number of piperidine rings is 1. The van der Waals surface area contributed by atoms with Crippen molar-refractivity contribution in [1.82, 2.24) is 10.4 Å². The second-order valence-corrected chi connectivity index (χ2v) is 6.83. The number of nitrogens with zero attached hydrogens (tertiary/aromatic N) is 2. The Hall–Kier alpha value is -1.37. The van der Waals surface area contributed by atoms with Gasteiger partial charge in [-0.3, -0.25) is 5.43 Å². The maximum atomic E-state index is 9.63. The van der Waals surface area contributed by atoms with Crippen molar-refractivity contribution in [2.75, 3.05) is 0 Å². The molecular formula is C18H25N3. The SMILES string of the molecule is CC1CCCC(C)N1NC1CC(C#N)(c2ccccc2)C1. The molecule has 2 atom stereocenters. The predicted octanol–water partition coefficient (Wildman–Crippen LogP) is 3.38. The van der Waals surface area contributed by atoms with Crippen LogP contribution in [0.5, 0.6) is 0 Å². The molecule has 0 aromatic heterocycles. The zero-order chi connectivity index (χ0) is 14.9. The Morgan fingerprint density at radius 1 is 1.14 bits per heavy atom. The van der Waals surface area contributed by atoms with Crippen molar-refractivity contribution in [3.05, 3.63) is 35.9 Å². The van der Waals surface area contributed by atoms with Gasteiger partial charge in [-0.05, 0) is 45.1 Å². The minimum absolute atomic E-state index is 0.277. The molecule has 21 heavy (non-hydrogen) atoms. The summed E-state index contributed by atoms with van der Waals surface area (Å²) in [5.41, 5.74) is 4.59. The molecule has 1 aliphatic heterocycles. The molecule has 1 aromatic carbocycles. The second kappa shape index (κ2) is 5.79. The van der Waals surface area contributed by atoms with E-state index in [1.807, 2.05) is 18.2 Å². The monoisotopic (exact) mass is 283 g/mol. The predicted molar refractivity (Wildman–Crippen MR) is 84.5 cm³/mol. The van der Waals surface area contributed by atoms with Gasteiger partial charge in [-0.2, -0.15) is 5.26 Å². The number of rotatable bonds is 3. The summed E-state index contributed by atoms with van der Waals surface area (Å²) < 4.78 is 0. The highest BCUT2D eigenvalue weighted by atomic mass is 15.5. The fraction of sp³-hybridized carbons (Fsp3) is 0.611. The highest BCUT2D eigenvalue weighted by Gasteiger charge is 2.47. The number of hydrogen-bond donors (Lipinski definition) is 1. The number of nitrogens with one attached hydrogen (secondary N) is 1. The zero-order valence-electron chi connectivity index (χ0n) is 13.0. The highest BCUT2D eigenvalue weighted by Crippen LogP contribution is 2.43. The molecule has 1 saturated carbocycles. The number of nitriles is 1. The van der Waals surface area contributed by atoms with Gasteiger partial charge in [-0.25, -0.2) is 5.01 Å². The van der Waals surface area contributed by atoms with E-state index in [0.717, 1.165) is 12.8 Å². The molecule has 1 N–H and O–H groups in total. The molecule has 2 fully saturated rings. The van der Waals surface area contributed by atoms with Crippen molar-refractivity contribution in [2.24, 2.45) is 0 Å². The molecular weight excluding hydrogens is 258 g/mol. The third kappa shape index (κ3) is 2.71. The molecule has 0 bridgehead atoms. The molecule has 0 radical (unpaired) electrons. The largest absolute Gasteiger partial charge is 0.251 e. The summed E-state index contributed by atoms with van der Waals surface area (Å²) in [6.45, 7) is 4.60. The molecule has 3 rings (SSSR count). The van der Waals surface area contributed by atoms with Crippen LogP contribution >= 0.6 is 0 Å². The number of hydrazine groups is 1. The molecule has 3 heteroatoms. The molecule has 1 aromatic rings. The standard InChI is InChI=1S/C18H25N3/c1-14-7-6-8-15(2)21(14)20-17-11-18(12-17,13-19)16-9-4-3-5-10-16/h3-5,9-10,14-15,17,20H,6-8,11-12H2,1-2H3. The van der Waals surface area contributed by atoms with Gasteiger partial charge in [-0.15, -0.1) is 0 Å². The first-order valence-electron chi connectivity index (χ1n) is 8.16. The number of hydrogen-bond acceptors (Lipinski definition) is 3. The van der Waals surface area contributed by atoms with Crippen molar-refractivity contribution >= 4 is 0 Å². The lowest BCUT2D eigenvalue weighted by atomic mass is 9.62. The molecule has 2 unspecified atom stereocenters. The lowest BCUT2D eigenvalue weighted by molar-refractivity contribution is 0.00294. The summed E-state index contributed by atoms with van der Waals surface area (Å²) >= 11 is 0. The van der Waals surface area contributed by atoms with Crippen LogP contribution in [0.2, 0.25) is 0 Å². The van der Waals surface area contributed by atoms with E-state index >= 15 is 0 Å². The first-order chi connectivity index (χ1) is 10.1. The Morgan fingerprint density at radius 2 is 1.76 bits per heavy atom. The van der Waals surface area contributed by atoms with Gasteiger partial charge in [0.15, 0.2) is 0 Å². The van der Waals surface area contributed by atoms with E-state index < -0.39 is 0 Å². The van der Waals surface area contributed by atoms with E-state index in [-0.39, 0.29) is 5.41 Å². The Morgan fingerprint density at radius 3 is 2.33 bits per heavy atom. The average Bonchev–Trinajstić information content (AvgIpc) is 2.46. The third-order valence-electron chi connectivity index (χ3n) is 5.26. The minimum atomic E-state index is -0.277. The summed E-state index contributed by atoms with van der Waals surface area (Å²) in [7, 11) is 0. The normalized spacial score (nSPS) is 36.7. The smallest absolute Gasteiger partial charge is 0.0853 e. The molecule has 1 aliphatic carbocycles. The third-order valence-corrected chi connectivity index (χ3v) is 5.26. The van der Waals surface area contributed by atoms with Crippen LogP contribution in [0, 0.1) is 11.3 Å². The van der Waals surface area contributed by atoms with Gasteiger partial charge in [-0.1, -0.05) is 36.8 Å². The molecule has 0 amide bonds. The molecule has 112 valence electrons. The maximum absolute atomic E-state index is 9.63. The molecule has 3 nitrogen and oxygen atoms in total. The lowest BCUT2D eigenvalue weighted by Crippen LogP contribution is -2.61. The van der Waals surface area contributed by atoms with Gasteiger partial charge in [0.1, 0.15) is 0 Å². The summed E-state index contributed by atoms with van der Waals surface area (Å²) in [5, 5.41) is 12.1. The first kappa shape index (κ1) is 14.6. The van der Waals surface area contributed by atoms with Gasteiger partial charge in [0.2, 0.25) is 0 Å². The topological polar surface area (TPSA) is 39.1 Å². The van der Waals surface area contributed by atoms with Crippen LogP contribution in [0.4, 0.5) is 0 Å². The molecule has 1 saturated heterocycles. The van der Waals surface area contributed by atoms with E-state index in [2.05, 4.69) is 42.5 Å². The van der Waals surface area contributed by atoms with Crippen molar-refractivity contribution in [1.29, 1.82) is 5.26 Å². The van der Waals surface area contributed by atoms with Crippen molar-refractivity contribution in [3.63, 3.8) is 0 Å². The van der Waals surface area contributed by atoms with Crippen LogP contribution in [-0.4, -0.2) is 23.1 Å². The minimum Gasteiger partial charge on any atom is -0.251 e. The van der Waals surface area contributed by atoms with E-state index in [4.69, 9.17) is 0 Å². The summed E-state index contributed by atoms with van der Waals surface area (Å²) in [6, 6.07) is 14.5. The fourth-order valence-electron chi connectivity index (χ4n) is 3.91. The number of benzene rings is 1. The average molecular weight is 283 g/mol. The van der Waals surface area contributed by atoms with Crippen LogP contribution in [0.15, 0.2) is 30.3 Å². The lowest BCUT2D eigenvalue weighted by Gasteiger charge is -2.49. The van der Waals surface area contributed by atoms with E-state index in [9.17, 15) is 5.26 Å². The zero-order valence-corrected chi connectivity index (χ0v) is 13.0. The van der Waals surface area contributed by atoms with Crippen LogP contribution < -0.4 is 5.43 Å². The first-order valence-corrected chi connectivity index (χ1v) is 8.16. The van der Waals surface area contributed by atoms with Gasteiger partial charge >= 0.3 is 0 Å². The van der Waals surface area contributed by atoms with Gasteiger partial charge in [0, 0.05) is 18.1 Å². The molecule has 1 heterocycles. The van der Waals surface area contributed by atoms with E-state index in [1.54, 1.807) is 0 Å². The van der Waals surface area contributed by atoms with E-state index in [1.165, 1.54) is 24.8 Å². The molecule has 0 spiro atoms. The van der Waals surface area contributed by atoms with Crippen LogP contribution in [-0.2, 0) is 5.41 Å². The van der Waals surface area contributed by atoms with Crippen LogP contribution in [0.25, 0.3) is 0 Å². The summed E-state index contributed by atoms with van der Waals surface area (Å²) in [6.07, 6.45) is 5.71. The Kier molecular flexibility index (Phi) is 4.01. The summed E-state index contributed by atoms with van der Waals surface area (Å²) in [5.74, 6) is 0. The van der Waals surface area contributed by atoms with Crippen molar-refractivity contribution in [3.8, 4) is 6.07 Å². The van der Waals surface area contributed by atoms with Crippen LogP contribution in [0.3, 0.4) is 0 Å². The fourth-order valence-corrected chi connectivity index (χ4v) is 3.91. The summed E-state index contributed by atoms with van der Waals surface area (Å²) in [4.78, 5) is 0. The Balaban J connectivity index is 1.63. The highest BCUT2D eigenvalue weighted by molar-refractivity contribution is 5.36. The van der Waals surface area contributed by atoms with Crippen molar-refractivity contribution in [2.45, 2.75) is 69.5 Å². The maximum Gasteiger partial charge on any atom is 0.0853 e. The van der Waals surface area contributed by atoms with Crippen molar-refractivity contribution < 1.29 is 0 Å². The van der Waals surface area contributed by atoms with Gasteiger partial charge in [0.05, 0.1) is 11.5 Å². The second-order valence-electron chi connectivity index (χ2n) is 6.83.